The minimum absolute atomic E-state index is 0.132. The number of carbonyl (C=O) groups excluding carboxylic acids is 1. The Balaban J connectivity index is 1.65. The number of aryl methyl sites for hydroxylation is 1. The third-order valence-electron chi connectivity index (χ3n) is 3.48. The van der Waals surface area contributed by atoms with Crippen LogP contribution in [-0.4, -0.2) is 27.0 Å². The molecule has 0 unspecified atom stereocenters. The Kier molecular flexibility index (Phi) is 4.20. The summed E-state index contributed by atoms with van der Waals surface area (Å²) in [6.07, 6.45) is 3.88. The molecule has 0 fully saturated rings. The van der Waals surface area contributed by atoms with E-state index in [-0.39, 0.29) is 5.91 Å². The van der Waals surface area contributed by atoms with Gasteiger partial charge in [0.2, 0.25) is 0 Å². The molecule has 0 spiro atoms. The first kappa shape index (κ1) is 14.7. The maximum Gasteiger partial charge on any atom is 0.252 e. The molecule has 1 aromatic carbocycles. The number of hydrogen-bond donors (Lipinski definition) is 1. The predicted molar refractivity (Wildman–Crippen MR) is 88.7 cm³/mol. The lowest BCUT2D eigenvalue weighted by molar-refractivity contribution is 0.0953. The van der Waals surface area contributed by atoms with Gasteiger partial charge in [0, 0.05) is 36.9 Å². The van der Waals surface area contributed by atoms with Gasteiger partial charge in [-0.15, -0.1) is 0 Å². The van der Waals surface area contributed by atoms with Crippen LogP contribution in [0.25, 0.3) is 11.0 Å². The number of pyridine rings is 1. The molecule has 0 atom stereocenters. The second-order valence-electron chi connectivity index (χ2n) is 4.97. The van der Waals surface area contributed by atoms with Crippen molar-refractivity contribution >= 4 is 32.9 Å². The number of hydrogen-bond acceptors (Lipinski definition) is 3. The molecular weight excluding hydrogens is 344 g/mol. The second-order valence-corrected chi connectivity index (χ2v) is 5.89. The molecule has 5 nitrogen and oxygen atoms in total. The molecule has 2 aromatic heterocycles. The van der Waals surface area contributed by atoms with Crippen LogP contribution in [0.3, 0.4) is 0 Å². The van der Waals surface area contributed by atoms with Crippen LogP contribution in [0.15, 0.2) is 47.2 Å². The van der Waals surface area contributed by atoms with Crippen molar-refractivity contribution in [1.29, 1.82) is 0 Å². The number of rotatable bonds is 4. The fourth-order valence-corrected chi connectivity index (χ4v) is 2.71. The number of amides is 1. The van der Waals surface area contributed by atoms with Crippen molar-refractivity contribution in [2.75, 3.05) is 6.54 Å². The van der Waals surface area contributed by atoms with Gasteiger partial charge in [0.25, 0.3) is 5.91 Å². The van der Waals surface area contributed by atoms with Gasteiger partial charge in [0.05, 0.1) is 16.6 Å². The number of halogens is 1. The molecule has 0 saturated carbocycles. The van der Waals surface area contributed by atoms with E-state index in [1.54, 1.807) is 18.5 Å². The molecule has 0 aliphatic heterocycles. The maximum absolute atomic E-state index is 12.0. The molecular formula is C16H15BrN4O. The highest BCUT2D eigenvalue weighted by Gasteiger charge is 2.09. The Bertz CT molecular complexity index is 828. The first-order chi connectivity index (χ1) is 10.6. The molecule has 0 radical (unpaired) electrons. The topological polar surface area (TPSA) is 59.8 Å². The SMILES string of the molecule is Cn1c(CCNC(=O)c2cncc(Br)c2)nc2ccccc21. The van der Waals surface area contributed by atoms with E-state index in [0.717, 1.165) is 21.3 Å². The molecule has 0 aliphatic rings. The molecule has 22 heavy (non-hydrogen) atoms. The van der Waals surface area contributed by atoms with Crippen LogP contribution < -0.4 is 5.32 Å². The molecule has 0 bridgehead atoms. The normalized spacial score (nSPS) is 10.8. The van der Waals surface area contributed by atoms with Crippen molar-refractivity contribution in [1.82, 2.24) is 19.9 Å². The molecule has 1 amide bonds. The van der Waals surface area contributed by atoms with Gasteiger partial charge in [-0.3, -0.25) is 9.78 Å². The number of benzene rings is 1. The Morgan fingerprint density at radius 1 is 1.32 bits per heavy atom. The Morgan fingerprint density at radius 2 is 2.14 bits per heavy atom. The van der Waals surface area contributed by atoms with Crippen LogP contribution >= 0.6 is 15.9 Å². The van der Waals surface area contributed by atoms with Crippen molar-refractivity contribution < 1.29 is 4.79 Å². The number of carbonyl (C=O) groups is 1. The average molecular weight is 359 g/mol. The van der Waals surface area contributed by atoms with Crippen LogP contribution in [0.4, 0.5) is 0 Å². The lowest BCUT2D eigenvalue weighted by Gasteiger charge is -2.05. The largest absolute Gasteiger partial charge is 0.352 e. The highest BCUT2D eigenvalue weighted by Crippen LogP contribution is 2.14. The van der Waals surface area contributed by atoms with Crippen LogP contribution in [-0.2, 0) is 13.5 Å². The minimum atomic E-state index is -0.132. The number of para-hydroxylation sites is 2. The first-order valence-corrected chi connectivity index (χ1v) is 7.73. The van der Waals surface area contributed by atoms with Gasteiger partial charge < -0.3 is 9.88 Å². The van der Waals surface area contributed by atoms with E-state index in [0.29, 0.717) is 18.5 Å². The maximum atomic E-state index is 12.0. The van der Waals surface area contributed by atoms with Crippen molar-refractivity contribution in [3.8, 4) is 0 Å². The van der Waals surface area contributed by atoms with Crippen molar-refractivity contribution in [3.63, 3.8) is 0 Å². The van der Waals surface area contributed by atoms with E-state index < -0.39 is 0 Å². The van der Waals surface area contributed by atoms with Gasteiger partial charge >= 0.3 is 0 Å². The fourth-order valence-electron chi connectivity index (χ4n) is 2.34. The first-order valence-electron chi connectivity index (χ1n) is 6.94. The summed E-state index contributed by atoms with van der Waals surface area (Å²) in [5.74, 6) is 0.821. The molecule has 2 heterocycles. The number of fused-ring (bicyclic) bond motifs is 1. The zero-order valence-electron chi connectivity index (χ0n) is 12.1. The summed E-state index contributed by atoms with van der Waals surface area (Å²) in [5, 5.41) is 2.89. The van der Waals surface area contributed by atoms with E-state index in [2.05, 4.69) is 35.8 Å². The molecule has 0 aliphatic carbocycles. The van der Waals surface area contributed by atoms with E-state index in [1.807, 2.05) is 31.3 Å². The molecule has 3 aromatic rings. The summed E-state index contributed by atoms with van der Waals surface area (Å²) >= 11 is 3.31. The number of imidazole rings is 1. The smallest absolute Gasteiger partial charge is 0.252 e. The summed E-state index contributed by atoms with van der Waals surface area (Å²) in [5.41, 5.74) is 2.61. The van der Waals surface area contributed by atoms with Crippen LogP contribution in [0.2, 0.25) is 0 Å². The van der Waals surface area contributed by atoms with Gasteiger partial charge in [0.15, 0.2) is 0 Å². The third kappa shape index (κ3) is 3.01. The predicted octanol–water partition coefficient (Wildman–Crippen LogP) is 2.70. The number of nitrogens with zero attached hydrogens (tertiary/aromatic N) is 3. The zero-order valence-corrected chi connectivity index (χ0v) is 13.7. The Morgan fingerprint density at radius 3 is 2.91 bits per heavy atom. The minimum Gasteiger partial charge on any atom is -0.352 e. The third-order valence-corrected chi connectivity index (χ3v) is 3.91. The standard InChI is InChI=1S/C16H15BrN4O/c1-21-14-5-3-2-4-13(14)20-15(21)6-7-19-16(22)11-8-12(17)10-18-9-11/h2-5,8-10H,6-7H2,1H3,(H,19,22). The highest BCUT2D eigenvalue weighted by atomic mass is 79.9. The van der Waals surface area contributed by atoms with E-state index in [1.165, 1.54) is 0 Å². The second kappa shape index (κ2) is 6.27. The van der Waals surface area contributed by atoms with E-state index in [9.17, 15) is 4.79 Å². The number of nitrogens with one attached hydrogen (secondary N) is 1. The van der Waals surface area contributed by atoms with Crippen LogP contribution in [0.5, 0.6) is 0 Å². The highest BCUT2D eigenvalue weighted by molar-refractivity contribution is 9.10. The fraction of sp³-hybridized carbons (Fsp3) is 0.188. The van der Waals surface area contributed by atoms with Crippen molar-refractivity contribution in [2.45, 2.75) is 6.42 Å². The van der Waals surface area contributed by atoms with Crippen LogP contribution in [0, 0.1) is 0 Å². The van der Waals surface area contributed by atoms with E-state index in [4.69, 9.17) is 0 Å². The quantitative estimate of drug-likeness (QED) is 0.779. The van der Waals surface area contributed by atoms with Gasteiger partial charge in [-0.2, -0.15) is 0 Å². The Labute approximate surface area is 136 Å². The van der Waals surface area contributed by atoms with Gasteiger partial charge in [-0.25, -0.2) is 4.98 Å². The van der Waals surface area contributed by atoms with Crippen LogP contribution in [0.1, 0.15) is 16.2 Å². The molecule has 6 heteroatoms. The summed E-state index contributed by atoms with van der Waals surface area (Å²) < 4.78 is 2.85. The van der Waals surface area contributed by atoms with Gasteiger partial charge in [0.1, 0.15) is 5.82 Å². The van der Waals surface area contributed by atoms with Gasteiger partial charge in [-0.1, -0.05) is 12.1 Å². The van der Waals surface area contributed by atoms with Crippen molar-refractivity contribution in [3.05, 3.63) is 58.6 Å². The number of aromatic nitrogens is 3. The molecule has 1 N–H and O–H groups in total. The molecule has 3 rings (SSSR count). The van der Waals surface area contributed by atoms with Crippen molar-refractivity contribution in [2.24, 2.45) is 7.05 Å². The summed E-state index contributed by atoms with van der Waals surface area (Å²) in [6, 6.07) is 9.75. The average Bonchev–Trinajstić information content (AvgIpc) is 2.84. The summed E-state index contributed by atoms with van der Waals surface area (Å²) in [7, 11) is 1.99. The van der Waals surface area contributed by atoms with E-state index >= 15 is 0 Å². The monoisotopic (exact) mass is 358 g/mol. The molecule has 112 valence electrons. The molecule has 0 saturated heterocycles. The van der Waals surface area contributed by atoms with Gasteiger partial charge in [-0.05, 0) is 34.1 Å². The lowest BCUT2D eigenvalue weighted by atomic mass is 10.2. The zero-order chi connectivity index (χ0) is 15.5. The summed E-state index contributed by atoms with van der Waals surface area (Å²) in [6.45, 7) is 0.530. The lowest BCUT2D eigenvalue weighted by Crippen LogP contribution is -2.26. The Hall–Kier alpha value is -2.21. The summed E-state index contributed by atoms with van der Waals surface area (Å²) in [4.78, 5) is 20.6.